The molecule has 7 nitrogen and oxygen atoms in total. The summed E-state index contributed by atoms with van der Waals surface area (Å²) in [6.45, 7) is 0.646. The van der Waals surface area contributed by atoms with Crippen molar-refractivity contribution in [2.24, 2.45) is 0 Å². The van der Waals surface area contributed by atoms with Crippen LogP contribution in [0.15, 0.2) is 54.6 Å². The van der Waals surface area contributed by atoms with Gasteiger partial charge in [0.2, 0.25) is 0 Å². The van der Waals surface area contributed by atoms with Gasteiger partial charge in [0.25, 0.3) is 0 Å². The fourth-order valence-corrected chi connectivity index (χ4v) is 3.41. The summed E-state index contributed by atoms with van der Waals surface area (Å²) in [7, 11) is 0. The van der Waals surface area contributed by atoms with Crippen molar-refractivity contribution in [3.63, 3.8) is 0 Å². The first-order valence-electron chi connectivity index (χ1n) is 8.74. The maximum atomic E-state index is 12.6. The number of anilines is 1. The summed E-state index contributed by atoms with van der Waals surface area (Å²) in [6, 6.07) is 15.9. The number of amides is 2. The number of nitrogens with one attached hydrogen (secondary N) is 1. The highest BCUT2D eigenvalue weighted by molar-refractivity contribution is 6.30. The molecule has 0 saturated heterocycles. The number of carboxylic acids is 1. The number of carboxylic acid groups (broad SMARTS) is 1. The predicted octanol–water partition coefficient (Wildman–Crippen LogP) is 3.81. The molecule has 0 radical (unpaired) electrons. The zero-order valence-corrected chi connectivity index (χ0v) is 15.6. The summed E-state index contributed by atoms with van der Waals surface area (Å²) in [4.78, 5) is 25.9. The van der Waals surface area contributed by atoms with E-state index < -0.39 is 5.97 Å². The number of carbonyl (C=O) groups is 2. The Hall–Kier alpha value is -3.32. The van der Waals surface area contributed by atoms with E-state index in [0.717, 1.165) is 11.4 Å². The molecule has 0 spiro atoms. The molecule has 28 heavy (non-hydrogen) atoms. The quantitative estimate of drug-likeness (QED) is 0.704. The summed E-state index contributed by atoms with van der Waals surface area (Å²) in [5.41, 5.74) is 2.73. The summed E-state index contributed by atoms with van der Waals surface area (Å²) in [6.07, 6.45) is 0.500. The van der Waals surface area contributed by atoms with E-state index in [-0.39, 0.29) is 18.3 Å². The van der Waals surface area contributed by atoms with Crippen molar-refractivity contribution in [3.05, 3.63) is 76.6 Å². The van der Waals surface area contributed by atoms with Crippen LogP contribution in [0, 0.1) is 0 Å². The van der Waals surface area contributed by atoms with Crippen molar-refractivity contribution in [1.82, 2.24) is 14.7 Å². The summed E-state index contributed by atoms with van der Waals surface area (Å²) in [5, 5.41) is 17.3. The fraction of sp³-hybridized carbons (Fsp3) is 0.150. The minimum Gasteiger partial charge on any atom is -0.476 e. The number of hydrogen-bond donors (Lipinski definition) is 2. The Bertz CT molecular complexity index is 1030. The fourth-order valence-electron chi connectivity index (χ4n) is 3.28. The molecule has 0 fully saturated rings. The van der Waals surface area contributed by atoms with Gasteiger partial charge in [-0.2, -0.15) is 5.10 Å². The van der Waals surface area contributed by atoms with Crippen molar-refractivity contribution in [2.45, 2.75) is 13.0 Å². The van der Waals surface area contributed by atoms with Crippen LogP contribution >= 0.6 is 11.6 Å². The molecular formula is C20H17ClN4O3. The van der Waals surface area contributed by atoms with Gasteiger partial charge in [0.05, 0.1) is 17.9 Å². The largest absolute Gasteiger partial charge is 0.476 e. The third kappa shape index (κ3) is 3.44. The molecule has 8 heteroatoms. The zero-order valence-electron chi connectivity index (χ0n) is 14.8. The SMILES string of the molecule is O=C(O)c1nn(-c2ccc(Cl)cc2)c2c1CN(C(=O)Nc1ccccc1)CC2. The van der Waals surface area contributed by atoms with E-state index in [9.17, 15) is 14.7 Å². The molecule has 1 aliphatic heterocycles. The van der Waals surface area contributed by atoms with Crippen molar-refractivity contribution < 1.29 is 14.7 Å². The zero-order chi connectivity index (χ0) is 19.7. The molecule has 2 amide bonds. The van der Waals surface area contributed by atoms with E-state index in [2.05, 4.69) is 10.4 Å². The molecule has 1 aliphatic rings. The van der Waals surface area contributed by atoms with Crippen LogP contribution in [0.4, 0.5) is 10.5 Å². The lowest BCUT2D eigenvalue weighted by atomic mass is 10.1. The molecule has 3 aromatic rings. The van der Waals surface area contributed by atoms with E-state index in [4.69, 9.17) is 11.6 Å². The Balaban J connectivity index is 1.63. The Morgan fingerprint density at radius 3 is 2.46 bits per heavy atom. The van der Waals surface area contributed by atoms with E-state index in [1.165, 1.54) is 0 Å². The number of carbonyl (C=O) groups excluding carboxylic acids is 1. The highest BCUT2D eigenvalue weighted by Crippen LogP contribution is 2.26. The number of aromatic nitrogens is 2. The van der Waals surface area contributed by atoms with Gasteiger partial charge < -0.3 is 15.3 Å². The number of benzene rings is 2. The molecule has 0 bridgehead atoms. The van der Waals surface area contributed by atoms with Crippen LogP contribution in [-0.2, 0) is 13.0 Å². The second-order valence-corrected chi connectivity index (χ2v) is 6.87. The summed E-state index contributed by atoms with van der Waals surface area (Å²) < 4.78 is 1.63. The van der Waals surface area contributed by atoms with E-state index in [0.29, 0.717) is 29.2 Å². The minimum absolute atomic E-state index is 0.0397. The Labute approximate surface area is 166 Å². The maximum Gasteiger partial charge on any atom is 0.356 e. The normalized spacial score (nSPS) is 13.1. The number of urea groups is 1. The lowest BCUT2D eigenvalue weighted by Crippen LogP contribution is -2.39. The highest BCUT2D eigenvalue weighted by Gasteiger charge is 2.30. The number of fused-ring (bicyclic) bond motifs is 1. The number of halogens is 1. The number of nitrogens with zero attached hydrogens (tertiary/aromatic N) is 3. The number of rotatable bonds is 3. The van der Waals surface area contributed by atoms with Gasteiger partial charge >= 0.3 is 12.0 Å². The van der Waals surface area contributed by atoms with Gasteiger partial charge in [-0.25, -0.2) is 14.3 Å². The van der Waals surface area contributed by atoms with E-state index >= 15 is 0 Å². The number of para-hydroxylation sites is 1. The summed E-state index contributed by atoms with van der Waals surface area (Å²) in [5.74, 6) is -1.12. The van der Waals surface area contributed by atoms with Crippen LogP contribution < -0.4 is 5.32 Å². The average Bonchev–Trinajstić information content (AvgIpc) is 3.08. The average molecular weight is 397 g/mol. The van der Waals surface area contributed by atoms with Crippen molar-refractivity contribution in [1.29, 1.82) is 0 Å². The topological polar surface area (TPSA) is 87.5 Å². The predicted molar refractivity (Wildman–Crippen MR) is 105 cm³/mol. The lowest BCUT2D eigenvalue weighted by Gasteiger charge is -2.28. The van der Waals surface area contributed by atoms with Crippen LogP contribution in [0.3, 0.4) is 0 Å². The van der Waals surface area contributed by atoms with Gasteiger partial charge in [-0.3, -0.25) is 0 Å². The van der Waals surface area contributed by atoms with Gasteiger partial charge in [-0.05, 0) is 36.4 Å². The van der Waals surface area contributed by atoms with Gasteiger partial charge in [-0.1, -0.05) is 29.8 Å². The number of hydrogen-bond acceptors (Lipinski definition) is 3. The van der Waals surface area contributed by atoms with Gasteiger partial charge in [0, 0.05) is 29.2 Å². The second kappa shape index (κ2) is 7.36. The molecule has 4 rings (SSSR count). The van der Waals surface area contributed by atoms with Crippen LogP contribution in [0.5, 0.6) is 0 Å². The summed E-state index contributed by atoms with van der Waals surface area (Å²) >= 11 is 5.94. The molecular weight excluding hydrogens is 380 g/mol. The molecule has 2 N–H and O–H groups in total. The molecule has 0 atom stereocenters. The third-order valence-corrected chi connectivity index (χ3v) is 4.90. The standard InChI is InChI=1S/C20H17ClN4O3/c21-13-6-8-15(9-7-13)25-17-10-11-24(12-16(17)18(23-25)19(26)27)20(28)22-14-4-2-1-3-5-14/h1-9H,10-12H2,(H,22,28)(H,26,27). The van der Waals surface area contributed by atoms with Crippen LogP contribution in [-0.4, -0.2) is 38.3 Å². The van der Waals surface area contributed by atoms with Crippen molar-refractivity contribution in [2.75, 3.05) is 11.9 Å². The van der Waals surface area contributed by atoms with Crippen molar-refractivity contribution in [3.8, 4) is 5.69 Å². The third-order valence-electron chi connectivity index (χ3n) is 4.64. The maximum absolute atomic E-state index is 12.6. The van der Waals surface area contributed by atoms with Crippen LogP contribution in [0.25, 0.3) is 5.69 Å². The minimum atomic E-state index is -1.12. The molecule has 0 aliphatic carbocycles. The molecule has 2 aromatic carbocycles. The Kier molecular flexibility index (Phi) is 4.75. The Morgan fingerprint density at radius 2 is 1.79 bits per heavy atom. The van der Waals surface area contributed by atoms with Gasteiger partial charge in [0.1, 0.15) is 0 Å². The smallest absolute Gasteiger partial charge is 0.356 e. The molecule has 2 heterocycles. The molecule has 0 saturated carbocycles. The van der Waals surface area contributed by atoms with Gasteiger partial charge in [-0.15, -0.1) is 0 Å². The monoisotopic (exact) mass is 396 g/mol. The molecule has 142 valence electrons. The van der Waals surface area contributed by atoms with Crippen LogP contribution in [0.2, 0.25) is 5.02 Å². The van der Waals surface area contributed by atoms with Crippen molar-refractivity contribution >= 4 is 29.3 Å². The van der Waals surface area contributed by atoms with E-state index in [1.807, 2.05) is 18.2 Å². The lowest BCUT2D eigenvalue weighted by molar-refractivity contribution is 0.0687. The van der Waals surface area contributed by atoms with Crippen LogP contribution in [0.1, 0.15) is 21.7 Å². The molecule has 1 aromatic heterocycles. The van der Waals surface area contributed by atoms with E-state index in [1.54, 1.807) is 46.0 Å². The second-order valence-electron chi connectivity index (χ2n) is 6.43. The molecule has 0 unspecified atom stereocenters. The number of aromatic carboxylic acids is 1. The Morgan fingerprint density at radius 1 is 1.07 bits per heavy atom. The highest BCUT2D eigenvalue weighted by atomic mass is 35.5. The first-order chi connectivity index (χ1) is 13.5. The first kappa shape index (κ1) is 18.1. The van der Waals surface area contributed by atoms with Gasteiger partial charge in [0.15, 0.2) is 5.69 Å². The first-order valence-corrected chi connectivity index (χ1v) is 9.11.